The van der Waals surface area contributed by atoms with E-state index in [1.165, 1.54) is 38.3 Å². The minimum absolute atomic E-state index is 0.109. The molecule has 136 valence electrons. The molecule has 0 spiro atoms. The molecule has 0 saturated carbocycles. The van der Waals surface area contributed by atoms with Gasteiger partial charge in [-0.15, -0.1) is 0 Å². The van der Waals surface area contributed by atoms with E-state index >= 15 is 0 Å². The third kappa shape index (κ3) is 5.91. The van der Waals surface area contributed by atoms with Crippen LogP contribution < -0.4 is 5.32 Å². The molecular weight excluding hydrogens is 330 g/mol. The number of rotatable bonds is 8. The second-order valence-corrected chi connectivity index (χ2v) is 5.35. The number of nitrogens with one attached hydrogen (secondary N) is 1. The van der Waals surface area contributed by atoms with Gasteiger partial charge in [0.15, 0.2) is 0 Å². The molecule has 2 N–H and O–H groups in total. The second-order valence-electron chi connectivity index (χ2n) is 5.35. The maximum atomic E-state index is 12.3. The summed E-state index contributed by atoms with van der Waals surface area (Å²) in [5, 5.41) is 11.7. The van der Waals surface area contributed by atoms with Crippen molar-refractivity contribution in [3.8, 4) is 0 Å². The first kappa shape index (κ1) is 20.1. The van der Waals surface area contributed by atoms with Crippen LogP contribution in [-0.4, -0.2) is 48.7 Å². The summed E-state index contributed by atoms with van der Waals surface area (Å²) in [6, 6.07) is 4.42. The zero-order chi connectivity index (χ0) is 19.0. The Bertz CT molecular complexity index is 656. The Kier molecular flexibility index (Phi) is 7.58. The maximum Gasteiger partial charge on any atom is 0.337 e. The molecule has 0 unspecified atom stereocenters. The van der Waals surface area contributed by atoms with Gasteiger partial charge in [0.2, 0.25) is 0 Å². The van der Waals surface area contributed by atoms with E-state index in [1.807, 2.05) is 0 Å². The summed E-state index contributed by atoms with van der Waals surface area (Å²) in [6.07, 6.45) is -0.146. The van der Waals surface area contributed by atoms with Crippen LogP contribution in [0.1, 0.15) is 41.0 Å². The van der Waals surface area contributed by atoms with Gasteiger partial charge in [-0.3, -0.25) is 9.59 Å². The molecule has 2 atom stereocenters. The Morgan fingerprint density at radius 2 is 1.84 bits per heavy atom. The van der Waals surface area contributed by atoms with E-state index in [4.69, 9.17) is 4.74 Å². The Morgan fingerprint density at radius 3 is 2.40 bits per heavy atom. The van der Waals surface area contributed by atoms with Crippen molar-refractivity contribution in [3.05, 3.63) is 35.4 Å². The van der Waals surface area contributed by atoms with Crippen molar-refractivity contribution in [2.24, 2.45) is 5.92 Å². The Hall–Kier alpha value is -2.90. The lowest BCUT2D eigenvalue weighted by molar-refractivity contribution is -0.145. The minimum atomic E-state index is -1.28. The van der Waals surface area contributed by atoms with Gasteiger partial charge in [-0.2, -0.15) is 0 Å². The second kappa shape index (κ2) is 9.41. The average molecular weight is 351 g/mol. The van der Waals surface area contributed by atoms with Crippen LogP contribution in [0.2, 0.25) is 0 Å². The number of carboxylic acids is 1. The van der Waals surface area contributed by atoms with Crippen molar-refractivity contribution < 1.29 is 33.8 Å². The topological polar surface area (TPSA) is 119 Å². The predicted octanol–water partition coefficient (Wildman–Crippen LogP) is 1.25. The third-order valence-electron chi connectivity index (χ3n) is 3.46. The lowest BCUT2D eigenvalue weighted by Crippen LogP contribution is -2.45. The van der Waals surface area contributed by atoms with Crippen LogP contribution in [0, 0.1) is 5.92 Å². The summed E-state index contributed by atoms with van der Waals surface area (Å²) in [5.41, 5.74) is 0.277. The van der Waals surface area contributed by atoms with Gasteiger partial charge in [0.1, 0.15) is 6.04 Å². The molecule has 0 aliphatic heterocycles. The van der Waals surface area contributed by atoms with E-state index in [1.54, 1.807) is 6.92 Å². The van der Waals surface area contributed by atoms with E-state index in [-0.39, 0.29) is 24.2 Å². The Balaban J connectivity index is 2.88. The average Bonchev–Trinajstić information content (AvgIpc) is 2.58. The number of hydrogen-bond donors (Lipinski definition) is 2. The van der Waals surface area contributed by atoms with Crippen molar-refractivity contribution in [1.29, 1.82) is 0 Å². The molecular formula is C17H21NO7. The molecule has 0 radical (unpaired) electrons. The third-order valence-corrected chi connectivity index (χ3v) is 3.46. The van der Waals surface area contributed by atoms with E-state index in [0.717, 1.165) is 0 Å². The number of carboxylic acid groups (broad SMARTS) is 1. The Labute approximate surface area is 145 Å². The summed E-state index contributed by atoms with van der Waals surface area (Å²) in [7, 11) is 1.21. The fourth-order valence-corrected chi connectivity index (χ4v) is 2.18. The van der Waals surface area contributed by atoms with Crippen LogP contribution in [0.5, 0.6) is 0 Å². The number of benzene rings is 1. The van der Waals surface area contributed by atoms with E-state index in [9.17, 15) is 24.3 Å². The molecule has 25 heavy (non-hydrogen) atoms. The van der Waals surface area contributed by atoms with Crippen LogP contribution in [0.3, 0.4) is 0 Å². The van der Waals surface area contributed by atoms with Crippen molar-refractivity contribution in [2.45, 2.75) is 26.3 Å². The summed E-state index contributed by atoms with van der Waals surface area (Å²) in [4.78, 5) is 46.7. The smallest absolute Gasteiger partial charge is 0.337 e. The quantitative estimate of drug-likeness (QED) is 0.676. The standard InChI is InChI=1S/C17H21NO7/c1-4-25-13(19)8-10(2)14(16(21)22)18-15(20)11-6-5-7-12(9-11)17(23)24-3/h5-7,9-10,14H,4,8H2,1-3H3,(H,18,20)(H,21,22)/t10-,14+/m1/s1. The first-order chi connectivity index (χ1) is 11.8. The van der Waals surface area contributed by atoms with Gasteiger partial charge in [0, 0.05) is 5.56 Å². The summed E-state index contributed by atoms with van der Waals surface area (Å²) in [5.74, 6) is -3.77. The van der Waals surface area contributed by atoms with Gasteiger partial charge in [0.05, 0.1) is 25.7 Å². The molecule has 0 bridgehead atoms. The largest absolute Gasteiger partial charge is 0.480 e. The fourth-order valence-electron chi connectivity index (χ4n) is 2.18. The minimum Gasteiger partial charge on any atom is -0.480 e. The molecule has 0 aliphatic rings. The van der Waals surface area contributed by atoms with Gasteiger partial charge in [0.25, 0.3) is 5.91 Å². The van der Waals surface area contributed by atoms with Crippen molar-refractivity contribution in [2.75, 3.05) is 13.7 Å². The number of hydrogen-bond acceptors (Lipinski definition) is 6. The van der Waals surface area contributed by atoms with Gasteiger partial charge in [-0.05, 0) is 31.0 Å². The van der Waals surface area contributed by atoms with Crippen molar-refractivity contribution in [3.63, 3.8) is 0 Å². The molecule has 1 rings (SSSR count). The number of aliphatic carboxylic acids is 1. The van der Waals surface area contributed by atoms with Crippen LogP contribution in [0.15, 0.2) is 24.3 Å². The predicted molar refractivity (Wildman–Crippen MR) is 87.1 cm³/mol. The molecule has 8 heteroatoms. The maximum absolute atomic E-state index is 12.3. The Morgan fingerprint density at radius 1 is 1.20 bits per heavy atom. The van der Waals surface area contributed by atoms with Crippen LogP contribution in [0.4, 0.5) is 0 Å². The van der Waals surface area contributed by atoms with E-state index < -0.39 is 35.8 Å². The molecule has 0 aromatic heterocycles. The van der Waals surface area contributed by atoms with Gasteiger partial charge in [-0.25, -0.2) is 9.59 Å². The highest BCUT2D eigenvalue weighted by atomic mass is 16.5. The lowest BCUT2D eigenvalue weighted by atomic mass is 9.97. The molecule has 0 fully saturated rings. The highest BCUT2D eigenvalue weighted by molar-refractivity contribution is 5.99. The van der Waals surface area contributed by atoms with Crippen LogP contribution in [-0.2, 0) is 19.1 Å². The summed E-state index contributed by atoms with van der Waals surface area (Å²) >= 11 is 0. The lowest BCUT2D eigenvalue weighted by Gasteiger charge is -2.21. The van der Waals surface area contributed by atoms with Gasteiger partial charge < -0.3 is 19.9 Å². The number of ether oxygens (including phenoxy) is 2. The van der Waals surface area contributed by atoms with Crippen LogP contribution in [0.25, 0.3) is 0 Å². The van der Waals surface area contributed by atoms with E-state index in [0.29, 0.717) is 0 Å². The summed E-state index contributed by atoms with van der Waals surface area (Å²) in [6.45, 7) is 3.37. The molecule has 1 aromatic carbocycles. The zero-order valence-corrected chi connectivity index (χ0v) is 14.3. The van der Waals surface area contributed by atoms with Crippen molar-refractivity contribution in [1.82, 2.24) is 5.32 Å². The van der Waals surface area contributed by atoms with Gasteiger partial charge >= 0.3 is 17.9 Å². The molecule has 1 amide bonds. The molecule has 0 aliphatic carbocycles. The first-order valence-corrected chi connectivity index (χ1v) is 7.67. The molecule has 0 saturated heterocycles. The van der Waals surface area contributed by atoms with Gasteiger partial charge in [-0.1, -0.05) is 13.0 Å². The first-order valence-electron chi connectivity index (χ1n) is 7.67. The number of methoxy groups -OCH3 is 1. The zero-order valence-electron chi connectivity index (χ0n) is 14.3. The van der Waals surface area contributed by atoms with Crippen LogP contribution >= 0.6 is 0 Å². The molecule has 8 nitrogen and oxygen atoms in total. The fraction of sp³-hybridized carbons (Fsp3) is 0.412. The monoisotopic (exact) mass is 351 g/mol. The number of amides is 1. The number of carbonyl (C=O) groups excluding carboxylic acids is 3. The number of esters is 2. The highest BCUT2D eigenvalue weighted by Gasteiger charge is 2.29. The van der Waals surface area contributed by atoms with E-state index in [2.05, 4.69) is 10.1 Å². The molecule has 1 aromatic rings. The summed E-state index contributed by atoms with van der Waals surface area (Å²) < 4.78 is 9.37. The van der Waals surface area contributed by atoms with Crippen molar-refractivity contribution >= 4 is 23.8 Å². The highest BCUT2D eigenvalue weighted by Crippen LogP contribution is 2.12. The SMILES string of the molecule is CCOC(=O)C[C@@H](C)[C@H](NC(=O)c1cccc(C(=O)OC)c1)C(=O)O. The normalized spacial score (nSPS) is 12.6. The number of carbonyl (C=O) groups is 4. The molecule has 0 heterocycles.